The number of anilines is 1. The minimum absolute atomic E-state index is 0.133. The molecule has 112 valence electrons. The first kappa shape index (κ1) is 16.7. The van der Waals surface area contributed by atoms with Crippen LogP contribution < -0.4 is 5.32 Å². The molecule has 0 saturated carbocycles. The third-order valence-electron chi connectivity index (χ3n) is 3.59. The summed E-state index contributed by atoms with van der Waals surface area (Å²) < 4.78 is 0. The lowest BCUT2D eigenvalue weighted by Gasteiger charge is -2.20. The van der Waals surface area contributed by atoms with Gasteiger partial charge in [-0.05, 0) is 35.3 Å². The van der Waals surface area contributed by atoms with Gasteiger partial charge in [0.1, 0.15) is 0 Å². The zero-order chi connectivity index (χ0) is 15.3. The summed E-state index contributed by atoms with van der Waals surface area (Å²) in [7, 11) is 0. The number of amides is 1. The van der Waals surface area contributed by atoms with E-state index in [1.165, 1.54) is 11.1 Å². The van der Waals surface area contributed by atoms with Crippen molar-refractivity contribution in [2.75, 3.05) is 5.32 Å². The molecule has 0 aliphatic carbocycles. The average molecular weight is 275 g/mol. The minimum atomic E-state index is 0.133. The molecule has 0 heterocycles. The lowest BCUT2D eigenvalue weighted by molar-refractivity contribution is -0.116. The second-order valence-corrected chi connectivity index (χ2v) is 6.60. The molecule has 0 saturated heterocycles. The number of hydrogen-bond donors (Lipinski definition) is 1. The molecule has 20 heavy (non-hydrogen) atoms. The molecule has 0 atom stereocenters. The molecule has 0 aliphatic rings. The summed E-state index contributed by atoms with van der Waals surface area (Å²) in [6.07, 6.45) is 1.54. The van der Waals surface area contributed by atoms with Gasteiger partial charge in [-0.3, -0.25) is 4.79 Å². The summed E-state index contributed by atoms with van der Waals surface area (Å²) in [5, 5.41) is 3.16. The number of carbonyl (C=O) groups excluding carboxylic acids is 1. The zero-order valence-electron chi connectivity index (χ0n) is 13.8. The number of hydrogen-bond acceptors (Lipinski definition) is 1. The highest BCUT2D eigenvalue weighted by atomic mass is 16.1. The van der Waals surface area contributed by atoms with E-state index >= 15 is 0 Å². The van der Waals surface area contributed by atoms with Gasteiger partial charge >= 0.3 is 0 Å². The Balaban J connectivity index is 2.99. The lowest BCUT2D eigenvalue weighted by atomic mass is 9.92. The van der Waals surface area contributed by atoms with Crippen molar-refractivity contribution in [1.29, 1.82) is 0 Å². The van der Waals surface area contributed by atoms with Crippen LogP contribution in [0.5, 0.6) is 0 Å². The zero-order valence-corrected chi connectivity index (χ0v) is 13.8. The van der Waals surface area contributed by atoms with Gasteiger partial charge in [-0.2, -0.15) is 0 Å². The average Bonchev–Trinajstić information content (AvgIpc) is 2.36. The summed E-state index contributed by atoms with van der Waals surface area (Å²) in [4.78, 5) is 12.2. The molecular formula is C18H29NO. The quantitative estimate of drug-likeness (QED) is 0.749. The van der Waals surface area contributed by atoms with E-state index in [0.29, 0.717) is 24.2 Å². The fraction of sp³-hybridized carbons (Fsp3) is 0.611. The summed E-state index contributed by atoms with van der Waals surface area (Å²) in [5.74, 6) is 1.52. The second-order valence-electron chi connectivity index (χ2n) is 6.60. The van der Waals surface area contributed by atoms with Crippen LogP contribution in [0.3, 0.4) is 0 Å². The lowest BCUT2D eigenvalue weighted by Crippen LogP contribution is -2.16. The number of benzene rings is 1. The van der Waals surface area contributed by atoms with E-state index in [9.17, 15) is 4.79 Å². The Morgan fingerprint density at radius 1 is 1.00 bits per heavy atom. The van der Waals surface area contributed by atoms with E-state index in [4.69, 9.17) is 0 Å². The Labute approximate surface area is 124 Å². The van der Waals surface area contributed by atoms with Gasteiger partial charge in [0.2, 0.25) is 5.91 Å². The first-order chi connectivity index (χ1) is 9.32. The molecule has 0 aliphatic heterocycles. The van der Waals surface area contributed by atoms with Gasteiger partial charge in [0.25, 0.3) is 0 Å². The standard InChI is InChI=1S/C18H29NO/c1-12(2)10-11-17(20)19-18-15(13(3)4)8-7-9-16(18)14(5)6/h7-9,12-14H,10-11H2,1-6H3,(H,19,20). The summed E-state index contributed by atoms with van der Waals surface area (Å²) in [5.41, 5.74) is 3.49. The molecule has 0 bridgehead atoms. The molecule has 1 amide bonds. The Hall–Kier alpha value is -1.31. The topological polar surface area (TPSA) is 29.1 Å². The van der Waals surface area contributed by atoms with Gasteiger partial charge in [0.05, 0.1) is 0 Å². The van der Waals surface area contributed by atoms with Crippen LogP contribution in [0, 0.1) is 5.92 Å². The van der Waals surface area contributed by atoms with E-state index in [2.05, 4.69) is 65.1 Å². The molecular weight excluding hydrogens is 246 g/mol. The monoisotopic (exact) mass is 275 g/mol. The summed E-state index contributed by atoms with van der Waals surface area (Å²) in [6, 6.07) is 6.33. The SMILES string of the molecule is CC(C)CCC(=O)Nc1c(C(C)C)cccc1C(C)C. The molecule has 0 radical (unpaired) electrons. The van der Waals surface area contributed by atoms with Crippen molar-refractivity contribution in [3.05, 3.63) is 29.3 Å². The molecule has 1 rings (SSSR count). The van der Waals surface area contributed by atoms with Crippen LogP contribution in [0.25, 0.3) is 0 Å². The van der Waals surface area contributed by atoms with E-state index < -0.39 is 0 Å². The molecule has 2 nitrogen and oxygen atoms in total. The highest BCUT2D eigenvalue weighted by Crippen LogP contribution is 2.32. The van der Waals surface area contributed by atoms with Crippen molar-refractivity contribution in [2.45, 2.75) is 66.2 Å². The molecule has 0 spiro atoms. The maximum atomic E-state index is 12.2. The maximum Gasteiger partial charge on any atom is 0.224 e. The Morgan fingerprint density at radius 2 is 1.50 bits per heavy atom. The van der Waals surface area contributed by atoms with Crippen molar-refractivity contribution in [3.8, 4) is 0 Å². The molecule has 1 aromatic rings. The van der Waals surface area contributed by atoms with Crippen LogP contribution in [-0.4, -0.2) is 5.91 Å². The van der Waals surface area contributed by atoms with E-state index in [-0.39, 0.29) is 5.91 Å². The second kappa shape index (κ2) is 7.47. The van der Waals surface area contributed by atoms with Crippen LogP contribution in [0.2, 0.25) is 0 Å². The normalized spacial score (nSPS) is 11.4. The predicted octanol–water partition coefficient (Wildman–Crippen LogP) is 5.31. The molecule has 0 fully saturated rings. The Morgan fingerprint density at radius 3 is 1.90 bits per heavy atom. The maximum absolute atomic E-state index is 12.2. The van der Waals surface area contributed by atoms with Crippen LogP contribution >= 0.6 is 0 Å². The third kappa shape index (κ3) is 4.66. The van der Waals surface area contributed by atoms with Crippen LogP contribution in [0.4, 0.5) is 5.69 Å². The van der Waals surface area contributed by atoms with Gasteiger partial charge in [-0.25, -0.2) is 0 Å². The van der Waals surface area contributed by atoms with Gasteiger partial charge in [0, 0.05) is 12.1 Å². The van der Waals surface area contributed by atoms with Gasteiger partial charge in [-0.15, -0.1) is 0 Å². The number of nitrogens with one attached hydrogen (secondary N) is 1. The van der Waals surface area contributed by atoms with Crippen LogP contribution in [-0.2, 0) is 4.79 Å². The fourth-order valence-corrected chi connectivity index (χ4v) is 2.32. The van der Waals surface area contributed by atoms with E-state index in [1.807, 2.05) is 0 Å². The van der Waals surface area contributed by atoms with Crippen molar-refractivity contribution in [3.63, 3.8) is 0 Å². The smallest absolute Gasteiger partial charge is 0.224 e. The highest BCUT2D eigenvalue weighted by molar-refractivity contribution is 5.92. The Kier molecular flexibility index (Phi) is 6.25. The molecule has 1 aromatic carbocycles. The van der Waals surface area contributed by atoms with E-state index in [1.54, 1.807) is 0 Å². The first-order valence-electron chi connectivity index (χ1n) is 7.75. The van der Waals surface area contributed by atoms with Crippen LogP contribution in [0.1, 0.15) is 77.3 Å². The van der Waals surface area contributed by atoms with Gasteiger partial charge < -0.3 is 5.32 Å². The van der Waals surface area contributed by atoms with Crippen LogP contribution in [0.15, 0.2) is 18.2 Å². The minimum Gasteiger partial charge on any atom is -0.326 e. The van der Waals surface area contributed by atoms with Crippen molar-refractivity contribution >= 4 is 11.6 Å². The number of rotatable bonds is 6. The van der Waals surface area contributed by atoms with Crippen molar-refractivity contribution in [1.82, 2.24) is 0 Å². The predicted molar refractivity (Wildman–Crippen MR) is 87.3 cm³/mol. The molecule has 0 unspecified atom stereocenters. The summed E-state index contributed by atoms with van der Waals surface area (Å²) >= 11 is 0. The molecule has 0 aromatic heterocycles. The summed E-state index contributed by atoms with van der Waals surface area (Å²) in [6.45, 7) is 13.0. The first-order valence-corrected chi connectivity index (χ1v) is 7.75. The fourth-order valence-electron chi connectivity index (χ4n) is 2.32. The largest absolute Gasteiger partial charge is 0.326 e. The van der Waals surface area contributed by atoms with Gasteiger partial charge in [-0.1, -0.05) is 59.7 Å². The molecule has 1 N–H and O–H groups in total. The third-order valence-corrected chi connectivity index (χ3v) is 3.59. The Bertz CT molecular complexity index is 420. The van der Waals surface area contributed by atoms with E-state index in [0.717, 1.165) is 12.1 Å². The number of carbonyl (C=O) groups is 1. The molecule has 2 heteroatoms. The van der Waals surface area contributed by atoms with Gasteiger partial charge in [0.15, 0.2) is 0 Å². The van der Waals surface area contributed by atoms with Crippen molar-refractivity contribution in [2.24, 2.45) is 5.92 Å². The van der Waals surface area contributed by atoms with Crippen molar-refractivity contribution < 1.29 is 4.79 Å². The number of para-hydroxylation sites is 1. The highest BCUT2D eigenvalue weighted by Gasteiger charge is 2.15.